The zero-order valence-electron chi connectivity index (χ0n) is 4.58. The summed E-state index contributed by atoms with van der Waals surface area (Å²) in [6.07, 6.45) is 3.54. The summed E-state index contributed by atoms with van der Waals surface area (Å²) in [4.78, 5) is 0. The van der Waals surface area contributed by atoms with Gasteiger partial charge in [0.2, 0.25) is 0 Å². The molecule has 0 aliphatic carbocycles. The fourth-order valence-electron chi connectivity index (χ4n) is 0.711. The number of rotatable bonds is 0. The largest absolute Gasteiger partial charge is 0.761 e. The van der Waals surface area contributed by atoms with E-state index in [1.807, 2.05) is 0 Å². The third-order valence-electron chi connectivity index (χ3n) is 1.14. The van der Waals surface area contributed by atoms with Crippen LogP contribution in [0.15, 0.2) is 0 Å². The van der Waals surface area contributed by atoms with Crippen LogP contribution in [0.25, 0.3) is 0 Å². The summed E-state index contributed by atoms with van der Waals surface area (Å²) in [6.45, 7) is 0.883. The quantitative estimate of drug-likeness (QED) is 0.400. The van der Waals surface area contributed by atoms with Crippen molar-refractivity contribution in [3.63, 3.8) is 0 Å². The van der Waals surface area contributed by atoms with E-state index < -0.39 is 0 Å². The van der Waals surface area contributed by atoms with Crippen LogP contribution in [0.4, 0.5) is 0 Å². The number of hydrogen-bond donors (Lipinski definition) is 0. The second-order valence-electron chi connectivity index (χ2n) is 1.80. The molecule has 0 N–H and O–H groups in total. The van der Waals surface area contributed by atoms with E-state index in [9.17, 15) is 0 Å². The van der Waals surface area contributed by atoms with Gasteiger partial charge in [-0.05, 0) is 12.8 Å². The second-order valence-corrected chi connectivity index (χ2v) is 2.32. The minimum Gasteiger partial charge on any atom is -0.761 e. The van der Waals surface area contributed by atoms with Gasteiger partial charge < -0.3 is 17.4 Å². The predicted octanol–water partition coefficient (Wildman–Crippen LogP) is 1.06. The van der Waals surface area contributed by atoms with Crippen molar-refractivity contribution in [1.82, 2.24) is 0 Å². The fraction of sp³-hybridized carbons (Fsp3) is 1.00. The second kappa shape index (κ2) is 4.68. The zero-order valence-corrected chi connectivity index (χ0v) is 6.50. The molecule has 1 saturated heterocycles. The maximum atomic E-state index is 5.09. The van der Waals surface area contributed by atoms with E-state index in [-0.39, 0.29) is 22.5 Å². The summed E-state index contributed by atoms with van der Waals surface area (Å²) in [6, 6.07) is 0. The van der Waals surface area contributed by atoms with Crippen LogP contribution in [0, 0.1) is 0 Å². The van der Waals surface area contributed by atoms with Crippen LogP contribution >= 0.6 is 0 Å². The Balaban J connectivity index is 0.000000490. The van der Waals surface area contributed by atoms with Crippen molar-refractivity contribution in [3.8, 4) is 0 Å². The Hall–Kier alpha value is 0.829. The fourth-order valence-corrected chi connectivity index (χ4v) is 0.974. The van der Waals surface area contributed by atoms with Gasteiger partial charge in [0.05, 0.1) is 0 Å². The molecule has 1 aliphatic rings. The van der Waals surface area contributed by atoms with E-state index >= 15 is 0 Å². The molecule has 3 heteroatoms. The van der Waals surface area contributed by atoms with Gasteiger partial charge in [0.25, 0.3) is 0 Å². The molecular formula is C5H9FeOS-. The number of ether oxygens (including phenoxy) is 1. The monoisotopic (exact) mass is 173 g/mol. The SMILES string of the molecule is [Fe].[S-]C1CCCCO1. The molecule has 1 nitrogen and oxygen atoms in total. The van der Waals surface area contributed by atoms with Crippen molar-refractivity contribution >= 4 is 12.6 Å². The first-order valence-electron chi connectivity index (χ1n) is 2.67. The Kier molecular flexibility index (Phi) is 5.17. The van der Waals surface area contributed by atoms with Gasteiger partial charge in [-0.1, -0.05) is 11.9 Å². The summed E-state index contributed by atoms with van der Waals surface area (Å²) in [5.74, 6) is 0. The van der Waals surface area contributed by atoms with E-state index in [0.717, 1.165) is 13.0 Å². The van der Waals surface area contributed by atoms with Crippen molar-refractivity contribution in [2.75, 3.05) is 6.61 Å². The van der Waals surface area contributed by atoms with Gasteiger partial charge in [-0.2, -0.15) is 0 Å². The topological polar surface area (TPSA) is 9.23 Å². The minimum absolute atomic E-state index is 0. The molecule has 0 aromatic heterocycles. The van der Waals surface area contributed by atoms with Crippen LogP contribution in [0.3, 0.4) is 0 Å². The molecule has 1 unspecified atom stereocenters. The van der Waals surface area contributed by atoms with Crippen LogP contribution in [-0.2, 0) is 34.4 Å². The molecule has 0 amide bonds. The average Bonchev–Trinajstić information content (AvgIpc) is 1.69. The maximum Gasteiger partial charge on any atom is 0.0443 e. The van der Waals surface area contributed by atoms with E-state index in [4.69, 9.17) is 17.4 Å². The van der Waals surface area contributed by atoms with E-state index in [1.165, 1.54) is 12.8 Å². The van der Waals surface area contributed by atoms with Gasteiger partial charge in [0, 0.05) is 23.7 Å². The Morgan fingerprint density at radius 1 is 1.38 bits per heavy atom. The molecule has 0 saturated carbocycles. The summed E-state index contributed by atoms with van der Waals surface area (Å²) in [7, 11) is 0. The smallest absolute Gasteiger partial charge is 0.0443 e. The van der Waals surface area contributed by atoms with Crippen molar-refractivity contribution in [1.29, 1.82) is 0 Å². The van der Waals surface area contributed by atoms with Crippen LogP contribution in [0.2, 0.25) is 0 Å². The molecule has 1 heterocycles. The van der Waals surface area contributed by atoms with E-state index in [2.05, 4.69) is 0 Å². The molecule has 1 atom stereocenters. The molecule has 8 heavy (non-hydrogen) atoms. The van der Waals surface area contributed by atoms with Crippen LogP contribution < -0.4 is 0 Å². The molecule has 0 radical (unpaired) electrons. The molecular weight excluding hydrogens is 164 g/mol. The molecule has 50 valence electrons. The summed E-state index contributed by atoms with van der Waals surface area (Å²) < 4.78 is 5.09. The Morgan fingerprint density at radius 2 is 2.12 bits per heavy atom. The molecule has 1 fully saturated rings. The zero-order chi connectivity index (χ0) is 5.11. The number of hydrogen-bond acceptors (Lipinski definition) is 2. The summed E-state index contributed by atoms with van der Waals surface area (Å²) in [5.41, 5.74) is 0.119. The average molecular weight is 173 g/mol. The van der Waals surface area contributed by atoms with Gasteiger partial charge in [0.15, 0.2) is 0 Å². The Labute approximate surface area is 66.1 Å². The summed E-state index contributed by atoms with van der Waals surface area (Å²) >= 11 is 4.87. The Bertz CT molecular complexity index is 54.4. The van der Waals surface area contributed by atoms with Crippen LogP contribution in [0.5, 0.6) is 0 Å². The van der Waals surface area contributed by atoms with E-state index in [0.29, 0.717) is 0 Å². The first-order chi connectivity index (χ1) is 3.39. The first-order valence-corrected chi connectivity index (χ1v) is 3.14. The van der Waals surface area contributed by atoms with Gasteiger partial charge >= 0.3 is 0 Å². The van der Waals surface area contributed by atoms with Crippen molar-refractivity contribution in [2.24, 2.45) is 0 Å². The third kappa shape index (κ3) is 2.98. The molecule has 1 aliphatic heterocycles. The van der Waals surface area contributed by atoms with Gasteiger partial charge in [0.1, 0.15) is 0 Å². The molecule has 0 aromatic carbocycles. The normalized spacial score (nSPS) is 28.9. The molecule has 0 bridgehead atoms. The molecule has 0 aromatic rings. The minimum atomic E-state index is 0. The third-order valence-corrected chi connectivity index (χ3v) is 1.51. The predicted molar refractivity (Wildman–Crippen MR) is 31.0 cm³/mol. The summed E-state index contributed by atoms with van der Waals surface area (Å²) in [5, 5.41) is 0. The van der Waals surface area contributed by atoms with Crippen molar-refractivity contribution < 1.29 is 21.8 Å². The van der Waals surface area contributed by atoms with Crippen LogP contribution in [0.1, 0.15) is 19.3 Å². The maximum absolute atomic E-state index is 5.09. The van der Waals surface area contributed by atoms with Crippen molar-refractivity contribution in [2.45, 2.75) is 24.7 Å². The molecule has 0 spiro atoms. The van der Waals surface area contributed by atoms with Crippen LogP contribution in [-0.4, -0.2) is 12.0 Å². The molecule has 1 rings (SSSR count). The first kappa shape index (κ1) is 8.83. The van der Waals surface area contributed by atoms with Gasteiger partial charge in [-0.3, -0.25) is 0 Å². The van der Waals surface area contributed by atoms with E-state index in [1.54, 1.807) is 0 Å². The standard InChI is InChI=1S/C5H10OS.Fe/c7-5-3-1-2-4-6-5;/h5,7H,1-4H2;/p-1. The van der Waals surface area contributed by atoms with Gasteiger partial charge in [-0.25, -0.2) is 0 Å². The van der Waals surface area contributed by atoms with Crippen molar-refractivity contribution in [3.05, 3.63) is 0 Å². The Morgan fingerprint density at radius 3 is 2.38 bits per heavy atom. The van der Waals surface area contributed by atoms with Gasteiger partial charge in [-0.15, -0.1) is 0 Å².